The molecule has 0 radical (unpaired) electrons. The van der Waals surface area contributed by atoms with E-state index in [1.807, 2.05) is 26.0 Å². The molecule has 1 aromatic heterocycles. The number of ether oxygens (including phenoxy) is 1. The van der Waals surface area contributed by atoms with E-state index in [2.05, 4.69) is 4.98 Å². The molecule has 0 fully saturated rings. The topological polar surface area (TPSA) is 78.3 Å². The van der Waals surface area contributed by atoms with Gasteiger partial charge in [-0.15, -0.1) is 0 Å². The molecule has 0 spiro atoms. The lowest BCUT2D eigenvalue weighted by Crippen LogP contribution is -2.25. The van der Waals surface area contributed by atoms with Gasteiger partial charge in [0.2, 0.25) is 5.78 Å². The molecule has 0 aliphatic rings. The molecule has 0 unspecified atom stereocenters. The van der Waals surface area contributed by atoms with Crippen molar-refractivity contribution >= 4 is 22.8 Å². The summed E-state index contributed by atoms with van der Waals surface area (Å²) in [6, 6.07) is 12.1. The molecule has 150 valence electrons. The average molecular weight is 392 g/mol. The van der Waals surface area contributed by atoms with Crippen molar-refractivity contribution in [2.75, 3.05) is 0 Å². The van der Waals surface area contributed by atoms with Gasteiger partial charge in [0, 0.05) is 12.1 Å². The number of carbonyl (C=O) groups excluding carboxylic acids is 2. The van der Waals surface area contributed by atoms with Crippen LogP contribution in [-0.2, 0) is 17.7 Å². The number of rotatable bonds is 6. The summed E-state index contributed by atoms with van der Waals surface area (Å²) in [7, 11) is 0. The monoisotopic (exact) mass is 392 g/mol. The number of carbonyl (C=O) groups is 2. The molecule has 6 nitrogen and oxygen atoms in total. The molecule has 0 N–H and O–H groups in total. The Balaban J connectivity index is 1.82. The molecule has 0 bridgehead atoms. The van der Waals surface area contributed by atoms with Crippen molar-refractivity contribution in [3.8, 4) is 0 Å². The van der Waals surface area contributed by atoms with Crippen molar-refractivity contribution in [1.29, 1.82) is 0 Å². The Morgan fingerprint density at radius 3 is 2.34 bits per heavy atom. The fourth-order valence-corrected chi connectivity index (χ4v) is 3.24. The fourth-order valence-electron chi connectivity index (χ4n) is 3.24. The molecule has 1 heterocycles. The summed E-state index contributed by atoms with van der Waals surface area (Å²) >= 11 is 0. The summed E-state index contributed by atoms with van der Waals surface area (Å²) in [4.78, 5) is 41.6. The fraction of sp³-hybridized carbons (Fsp3) is 0.304. The number of Topliss-reactive ketones (excluding diaryl/α,β-unsaturated/α-hetero) is 1. The second-order valence-corrected chi connectivity index (χ2v) is 6.91. The van der Waals surface area contributed by atoms with Gasteiger partial charge in [0.1, 0.15) is 5.69 Å². The lowest BCUT2D eigenvalue weighted by Gasteiger charge is -2.14. The normalized spacial score (nSPS) is 12.0. The number of hydrogen-bond donors (Lipinski definition) is 0. The highest BCUT2D eigenvalue weighted by atomic mass is 16.5. The Hall–Kier alpha value is -3.28. The first kappa shape index (κ1) is 20.5. The van der Waals surface area contributed by atoms with Gasteiger partial charge in [-0.2, -0.15) is 0 Å². The molecule has 0 amide bonds. The van der Waals surface area contributed by atoms with Crippen LogP contribution in [0.3, 0.4) is 0 Å². The molecule has 0 saturated carbocycles. The van der Waals surface area contributed by atoms with Gasteiger partial charge in [0.15, 0.2) is 6.10 Å². The number of aromatic nitrogens is 2. The highest BCUT2D eigenvalue weighted by molar-refractivity contribution is 6.02. The van der Waals surface area contributed by atoms with Crippen LogP contribution in [0, 0.1) is 6.92 Å². The van der Waals surface area contributed by atoms with Crippen LogP contribution in [0.5, 0.6) is 0 Å². The molecule has 0 aliphatic heterocycles. The largest absolute Gasteiger partial charge is 0.451 e. The zero-order valence-corrected chi connectivity index (χ0v) is 17.1. The first-order valence-electron chi connectivity index (χ1n) is 9.71. The van der Waals surface area contributed by atoms with E-state index in [1.54, 1.807) is 48.7 Å². The number of fused-ring (bicyclic) bond motifs is 1. The van der Waals surface area contributed by atoms with Crippen molar-refractivity contribution in [3.63, 3.8) is 0 Å². The second-order valence-electron chi connectivity index (χ2n) is 6.91. The molecule has 0 aliphatic carbocycles. The lowest BCUT2D eigenvalue weighted by atomic mass is 10.0. The van der Waals surface area contributed by atoms with Gasteiger partial charge in [0.05, 0.1) is 16.6 Å². The van der Waals surface area contributed by atoms with Gasteiger partial charge in [-0.05, 0) is 51.0 Å². The van der Waals surface area contributed by atoms with Crippen LogP contribution in [0.15, 0.2) is 47.3 Å². The van der Waals surface area contributed by atoms with Crippen molar-refractivity contribution in [2.45, 2.75) is 46.8 Å². The second kappa shape index (κ2) is 8.39. The van der Waals surface area contributed by atoms with Crippen LogP contribution >= 0.6 is 0 Å². The third-order valence-corrected chi connectivity index (χ3v) is 4.96. The zero-order chi connectivity index (χ0) is 21.1. The molecule has 0 saturated heterocycles. The Kier molecular flexibility index (Phi) is 5.92. The maximum Gasteiger partial charge on any atom is 0.338 e. The van der Waals surface area contributed by atoms with Gasteiger partial charge in [0.25, 0.3) is 5.56 Å². The van der Waals surface area contributed by atoms with E-state index in [4.69, 9.17) is 4.74 Å². The van der Waals surface area contributed by atoms with Gasteiger partial charge in [-0.3, -0.25) is 9.59 Å². The summed E-state index contributed by atoms with van der Waals surface area (Å²) in [5, 5.41) is 0. The first-order valence-corrected chi connectivity index (χ1v) is 9.71. The van der Waals surface area contributed by atoms with Crippen LogP contribution in [0.1, 0.15) is 52.7 Å². The van der Waals surface area contributed by atoms with Crippen molar-refractivity contribution in [1.82, 2.24) is 9.55 Å². The van der Waals surface area contributed by atoms with E-state index in [-0.39, 0.29) is 16.9 Å². The van der Waals surface area contributed by atoms with Crippen LogP contribution in [0.25, 0.3) is 11.0 Å². The van der Waals surface area contributed by atoms with Crippen LogP contribution in [0.2, 0.25) is 0 Å². The highest BCUT2D eigenvalue weighted by Gasteiger charge is 2.21. The molecule has 3 aromatic rings. The van der Waals surface area contributed by atoms with Crippen molar-refractivity contribution in [2.24, 2.45) is 0 Å². The van der Waals surface area contributed by atoms with Crippen molar-refractivity contribution in [3.05, 3.63) is 75.2 Å². The molecule has 2 aromatic carbocycles. The number of ketones is 1. The van der Waals surface area contributed by atoms with E-state index in [0.717, 1.165) is 12.0 Å². The molecular formula is C23H24N2O4. The van der Waals surface area contributed by atoms with Crippen LogP contribution in [0.4, 0.5) is 0 Å². The van der Waals surface area contributed by atoms with Gasteiger partial charge in [-0.25, -0.2) is 9.78 Å². The van der Waals surface area contributed by atoms with E-state index < -0.39 is 12.1 Å². The standard InChI is InChI=1S/C23H24N2O4/c1-5-16-7-9-17(10-8-16)21(26)15(4)29-23(28)18-11-12-20-19(13-18)24-14(3)22(27)25(20)6-2/h7-13,15H,5-6H2,1-4H3/t15-/m1/s1. The third-order valence-electron chi connectivity index (χ3n) is 4.96. The summed E-state index contributed by atoms with van der Waals surface area (Å²) in [5.74, 6) is -0.859. The minimum atomic E-state index is -0.912. The zero-order valence-electron chi connectivity index (χ0n) is 17.1. The Morgan fingerprint density at radius 1 is 1.07 bits per heavy atom. The lowest BCUT2D eigenvalue weighted by molar-refractivity contribution is 0.0319. The van der Waals surface area contributed by atoms with Crippen LogP contribution < -0.4 is 5.56 Å². The first-order chi connectivity index (χ1) is 13.8. The number of aryl methyl sites for hydroxylation is 3. The molecule has 3 rings (SSSR count). The predicted octanol–water partition coefficient (Wildman–Crippen LogP) is 3.72. The average Bonchev–Trinajstić information content (AvgIpc) is 2.73. The number of hydrogen-bond acceptors (Lipinski definition) is 5. The SMILES string of the molecule is CCc1ccc(C(=O)[C@@H](C)OC(=O)c2ccc3c(c2)nc(C)c(=O)n3CC)cc1. The number of esters is 1. The Labute approximate surface area is 169 Å². The summed E-state index contributed by atoms with van der Waals surface area (Å²) in [5.41, 5.74) is 3.33. The quantitative estimate of drug-likeness (QED) is 0.472. The summed E-state index contributed by atoms with van der Waals surface area (Å²) in [6.45, 7) is 7.63. The molecular weight excluding hydrogens is 368 g/mol. The predicted molar refractivity (Wildman–Crippen MR) is 111 cm³/mol. The minimum Gasteiger partial charge on any atom is -0.451 e. The van der Waals surface area contributed by atoms with E-state index >= 15 is 0 Å². The number of benzene rings is 2. The molecule has 1 atom stereocenters. The van der Waals surface area contributed by atoms with E-state index in [9.17, 15) is 14.4 Å². The number of nitrogens with zero attached hydrogens (tertiary/aromatic N) is 2. The third kappa shape index (κ3) is 4.11. The van der Waals surface area contributed by atoms with Crippen LogP contribution in [-0.4, -0.2) is 27.4 Å². The highest BCUT2D eigenvalue weighted by Crippen LogP contribution is 2.16. The van der Waals surface area contributed by atoms with Gasteiger partial charge in [-0.1, -0.05) is 31.2 Å². The van der Waals surface area contributed by atoms with Gasteiger partial charge >= 0.3 is 5.97 Å². The minimum absolute atomic E-state index is 0.149. The van der Waals surface area contributed by atoms with E-state index in [1.165, 1.54) is 0 Å². The summed E-state index contributed by atoms with van der Waals surface area (Å²) < 4.78 is 6.99. The summed E-state index contributed by atoms with van der Waals surface area (Å²) in [6.07, 6.45) is -0.0228. The smallest absolute Gasteiger partial charge is 0.338 e. The van der Waals surface area contributed by atoms with Crippen molar-refractivity contribution < 1.29 is 14.3 Å². The maximum absolute atomic E-state index is 12.6. The Bertz CT molecular complexity index is 1130. The maximum atomic E-state index is 12.6. The molecule has 6 heteroatoms. The molecule has 29 heavy (non-hydrogen) atoms. The Morgan fingerprint density at radius 2 is 1.72 bits per heavy atom. The van der Waals surface area contributed by atoms with Gasteiger partial charge < -0.3 is 9.30 Å². The van der Waals surface area contributed by atoms with E-state index in [0.29, 0.717) is 28.8 Å².